The number of hydrogen-bond acceptors (Lipinski definition) is 4. The number of nitrogens with zero attached hydrogens (tertiary/aromatic N) is 1. The molecule has 0 fully saturated rings. The molecule has 0 aromatic carbocycles. The van der Waals surface area contributed by atoms with Crippen LogP contribution in [0.25, 0.3) is 0 Å². The zero-order valence-corrected chi connectivity index (χ0v) is 9.22. The lowest BCUT2D eigenvalue weighted by molar-refractivity contribution is 0.186. The third kappa shape index (κ3) is 5.73. The third-order valence-corrected chi connectivity index (χ3v) is 5.02. The molecule has 1 N–H and O–H groups in total. The van der Waals surface area contributed by atoms with Crippen molar-refractivity contribution in [1.29, 1.82) is 5.26 Å². The Balaban J connectivity index is 3.58. The fraction of sp³-hybridized carbons (Fsp3) is 0.833. The molecule has 4 nitrogen and oxygen atoms in total. The first-order chi connectivity index (χ1) is 5.52. The maximum atomic E-state index is 11.2. The van der Waals surface area contributed by atoms with Crippen molar-refractivity contribution < 1.29 is 14.2 Å². The number of hydrogen-bond donors (Lipinski definition) is 1. The van der Waals surface area contributed by atoms with Gasteiger partial charge in [-0.25, -0.2) is 0 Å². The van der Waals surface area contributed by atoms with E-state index in [0.29, 0.717) is 5.07 Å². The largest absolute Gasteiger partial charge is 0.378 e. The molecule has 0 rings (SSSR count). The van der Waals surface area contributed by atoms with E-state index >= 15 is 0 Å². The van der Waals surface area contributed by atoms with Crippen LogP contribution in [0.2, 0.25) is 0 Å². The Morgan fingerprint density at radius 1 is 1.83 bits per heavy atom. The SMILES string of the molecule is CP(=O)(CBr)OCCC(O)C#N. The molecule has 6 heteroatoms. The van der Waals surface area contributed by atoms with Gasteiger partial charge in [-0.15, -0.1) is 0 Å². The van der Waals surface area contributed by atoms with Crippen LogP contribution in [0.1, 0.15) is 6.42 Å². The van der Waals surface area contributed by atoms with Crippen LogP contribution in [0.5, 0.6) is 0 Å². The van der Waals surface area contributed by atoms with Gasteiger partial charge in [0.1, 0.15) is 6.10 Å². The maximum absolute atomic E-state index is 11.2. The van der Waals surface area contributed by atoms with E-state index in [0.717, 1.165) is 0 Å². The van der Waals surface area contributed by atoms with Gasteiger partial charge in [0.25, 0.3) is 0 Å². The van der Waals surface area contributed by atoms with Gasteiger partial charge in [0.2, 0.25) is 7.37 Å². The topological polar surface area (TPSA) is 70.3 Å². The fourth-order valence-corrected chi connectivity index (χ4v) is 1.45. The monoisotopic (exact) mass is 255 g/mol. The molecule has 0 aliphatic heterocycles. The van der Waals surface area contributed by atoms with Gasteiger partial charge in [0.05, 0.1) is 17.7 Å². The highest BCUT2D eigenvalue weighted by atomic mass is 79.9. The molecule has 0 aromatic rings. The van der Waals surface area contributed by atoms with E-state index in [9.17, 15) is 4.57 Å². The lowest BCUT2D eigenvalue weighted by Crippen LogP contribution is -2.06. The zero-order valence-electron chi connectivity index (χ0n) is 6.73. The average Bonchev–Trinajstić information content (AvgIpc) is 2.04. The van der Waals surface area contributed by atoms with Crippen LogP contribution < -0.4 is 0 Å². The lowest BCUT2D eigenvalue weighted by Gasteiger charge is -2.10. The van der Waals surface area contributed by atoms with Crippen molar-refractivity contribution in [2.75, 3.05) is 18.3 Å². The smallest absolute Gasteiger partial charge is 0.210 e. The van der Waals surface area contributed by atoms with Gasteiger partial charge in [0.15, 0.2) is 0 Å². The summed E-state index contributed by atoms with van der Waals surface area (Å²) >= 11 is 3.04. The standard InChI is InChI=1S/C6H11BrNO3P/c1-12(10,5-7)11-3-2-6(9)4-8/h6,9H,2-3,5H2,1H3. The summed E-state index contributed by atoms with van der Waals surface area (Å²) in [6, 6.07) is 1.64. The van der Waals surface area contributed by atoms with Gasteiger partial charge in [0, 0.05) is 13.1 Å². The van der Waals surface area contributed by atoms with Gasteiger partial charge in [-0.2, -0.15) is 5.26 Å². The summed E-state index contributed by atoms with van der Waals surface area (Å²) in [5.41, 5.74) is 0. The van der Waals surface area contributed by atoms with E-state index in [1.54, 1.807) is 6.07 Å². The van der Waals surface area contributed by atoms with Crippen molar-refractivity contribution in [3.05, 3.63) is 0 Å². The summed E-state index contributed by atoms with van der Waals surface area (Å²) in [7, 11) is -2.54. The van der Waals surface area contributed by atoms with Crippen LogP contribution in [-0.2, 0) is 9.09 Å². The number of alkyl halides is 1. The number of aliphatic hydroxyl groups excluding tert-OH is 1. The molecule has 70 valence electrons. The van der Waals surface area contributed by atoms with E-state index in [2.05, 4.69) is 15.9 Å². The van der Waals surface area contributed by atoms with Gasteiger partial charge in [-0.1, -0.05) is 15.9 Å². The Kier molecular flexibility index (Phi) is 5.77. The summed E-state index contributed by atoms with van der Waals surface area (Å²) in [5, 5.41) is 17.3. The molecular formula is C6H11BrNO3P. The number of rotatable bonds is 5. The van der Waals surface area contributed by atoms with Crippen LogP contribution in [0.15, 0.2) is 0 Å². The quantitative estimate of drug-likeness (QED) is 0.460. The van der Waals surface area contributed by atoms with Crippen LogP contribution >= 0.6 is 23.3 Å². The van der Waals surface area contributed by atoms with Crippen LogP contribution in [0.4, 0.5) is 0 Å². The van der Waals surface area contributed by atoms with Crippen molar-refractivity contribution in [1.82, 2.24) is 0 Å². The molecule has 0 bridgehead atoms. The molecule has 0 aliphatic rings. The minimum Gasteiger partial charge on any atom is -0.378 e. The molecule has 0 aliphatic carbocycles. The second-order valence-electron chi connectivity index (χ2n) is 2.40. The first-order valence-electron chi connectivity index (χ1n) is 3.36. The first-order valence-corrected chi connectivity index (χ1v) is 6.74. The molecule has 2 unspecified atom stereocenters. The third-order valence-electron chi connectivity index (χ3n) is 1.12. The van der Waals surface area contributed by atoms with Crippen LogP contribution in [0, 0.1) is 11.3 Å². The highest BCUT2D eigenvalue weighted by Gasteiger charge is 2.13. The summed E-state index contributed by atoms with van der Waals surface area (Å²) in [6.07, 6.45) is -0.832. The van der Waals surface area contributed by atoms with Crippen molar-refractivity contribution in [3.63, 3.8) is 0 Å². The van der Waals surface area contributed by atoms with Crippen molar-refractivity contribution in [2.45, 2.75) is 12.5 Å². The molecular weight excluding hydrogens is 245 g/mol. The molecule has 12 heavy (non-hydrogen) atoms. The van der Waals surface area contributed by atoms with Gasteiger partial charge in [-0.3, -0.25) is 4.57 Å². The maximum Gasteiger partial charge on any atom is 0.210 e. The molecule has 0 amide bonds. The predicted octanol–water partition coefficient (Wildman–Crippen LogP) is 1.54. The van der Waals surface area contributed by atoms with Gasteiger partial charge >= 0.3 is 0 Å². The summed E-state index contributed by atoms with van der Waals surface area (Å²) < 4.78 is 16.2. The Labute approximate surface area is 80.1 Å². The van der Waals surface area contributed by atoms with Crippen LogP contribution in [-0.4, -0.2) is 29.6 Å². The molecule has 0 radical (unpaired) electrons. The summed E-state index contributed by atoms with van der Waals surface area (Å²) in [4.78, 5) is 0. The van der Waals surface area contributed by atoms with Crippen molar-refractivity contribution >= 4 is 23.3 Å². The molecule has 0 heterocycles. The fourth-order valence-electron chi connectivity index (χ4n) is 0.456. The molecule has 0 spiro atoms. The molecule has 0 aromatic heterocycles. The van der Waals surface area contributed by atoms with Crippen molar-refractivity contribution in [2.24, 2.45) is 0 Å². The van der Waals surface area contributed by atoms with E-state index in [1.165, 1.54) is 6.66 Å². The highest BCUT2D eigenvalue weighted by molar-refractivity contribution is 9.10. The van der Waals surface area contributed by atoms with E-state index in [-0.39, 0.29) is 13.0 Å². The lowest BCUT2D eigenvalue weighted by atomic mass is 10.3. The Morgan fingerprint density at radius 3 is 2.83 bits per heavy atom. The summed E-state index contributed by atoms with van der Waals surface area (Å²) in [6.45, 7) is 1.65. The second kappa shape index (κ2) is 5.71. The minimum atomic E-state index is -2.54. The average molecular weight is 256 g/mol. The van der Waals surface area contributed by atoms with E-state index < -0.39 is 13.5 Å². The second-order valence-corrected chi connectivity index (χ2v) is 6.43. The summed E-state index contributed by atoms with van der Waals surface area (Å²) in [5.74, 6) is 0. The Morgan fingerprint density at radius 2 is 2.42 bits per heavy atom. The minimum absolute atomic E-state index is 0.147. The molecule has 2 atom stereocenters. The van der Waals surface area contributed by atoms with E-state index in [4.69, 9.17) is 14.9 Å². The van der Waals surface area contributed by atoms with Gasteiger partial charge < -0.3 is 9.63 Å². The van der Waals surface area contributed by atoms with E-state index in [1.807, 2.05) is 0 Å². The molecule has 0 saturated carbocycles. The first kappa shape index (κ1) is 12.1. The number of aliphatic hydroxyl groups is 1. The number of halogens is 1. The zero-order chi connectivity index (χ0) is 9.61. The number of nitriles is 1. The Hall–Kier alpha value is 0.120. The predicted molar refractivity (Wildman–Crippen MR) is 49.5 cm³/mol. The highest BCUT2D eigenvalue weighted by Crippen LogP contribution is 2.44. The molecule has 0 saturated heterocycles. The van der Waals surface area contributed by atoms with Gasteiger partial charge in [-0.05, 0) is 0 Å². The van der Waals surface area contributed by atoms with Crippen LogP contribution in [0.3, 0.4) is 0 Å². The normalized spacial score (nSPS) is 17.8. The Bertz CT molecular complexity index is 215. The van der Waals surface area contributed by atoms with Crippen molar-refractivity contribution in [3.8, 4) is 6.07 Å².